The number of aryl methyl sites for hydroxylation is 1. The van der Waals surface area contributed by atoms with E-state index in [1.165, 1.54) is 16.4 Å². The zero-order valence-corrected chi connectivity index (χ0v) is 15.5. The lowest BCUT2D eigenvalue weighted by Gasteiger charge is -2.18. The summed E-state index contributed by atoms with van der Waals surface area (Å²) in [6.45, 7) is 5.83. The van der Waals surface area contributed by atoms with Gasteiger partial charge in [0, 0.05) is 6.20 Å². The van der Waals surface area contributed by atoms with Gasteiger partial charge >= 0.3 is 0 Å². The minimum atomic E-state index is -0.961. The molecule has 1 aliphatic rings. The van der Waals surface area contributed by atoms with E-state index < -0.39 is 5.60 Å². The third kappa shape index (κ3) is 2.48. The Labute approximate surface area is 154 Å². The first-order valence-electron chi connectivity index (χ1n) is 8.33. The van der Waals surface area contributed by atoms with Gasteiger partial charge in [0.2, 0.25) is 0 Å². The Morgan fingerprint density at radius 3 is 2.96 bits per heavy atom. The Hall–Kier alpha value is -2.45. The fraction of sp³-hybridized carbons (Fsp3) is 0.333. The van der Waals surface area contributed by atoms with Crippen LogP contribution >= 0.6 is 11.8 Å². The van der Waals surface area contributed by atoms with Crippen LogP contribution in [0.1, 0.15) is 24.6 Å². The maximum absolute atomic E-state index is 12.8. The topological polar surface area (TPSA) is 85.8 Å². The number of rotatable bonds is 4. The molecule has 0 aliphatic heterocycles. The Morgan fingerprint density at radius 2 is 2.23 bits per heavy atom. The highest BCUT2D eigenvalue weighted by Crippen LogP contribution is 2.35. The van der Waals surface area contributed by atoms with Gasteiger partial charge in [-0.3, -0.25) is 4.79 Å². The van der Waals surface area contributed by atoms with Crippen molar-refractivity contribution in [1.82, 2.24) is 24.3 Å². The van der Waals surface area contributed by atoms with Gasteiger partial charge in [-0.1, -0.05) is 23.9 Å². The van der Waals surface area contributed by atoms with Crippen LogP contribution in [0.15, 0.2) is 40.9 Å². The molecule has 1 atom stereocenters. The number of aliphatic hydroxyl groups is 1. The van der Waals surface area contributed by atoms with Crippen LogP contribution in [0.4, 0.5) is 0 Å². The van der Waals surface area contributed by atoms with Gasteiger partial charge in [-0.2, -0.15) is 0 Å². The molecule has 1 N–H and O–H groups in total. The van der Waals surface area contributed by atoms with Gasteiger partial charge in [0.1, 0.15) is 11.0 Å². The number of allylic oxidation sites excluding steroid dienone is 1. The van der Waals surface area contributed by atoms with Crippen molar-refractivity contribution in [1.29, 1.82) is 0 Å². The largest absolute Gasteiger partial charge is 0.384 e. The monoisotopic (exact) mass is 369 g/mol. The van der Waals surface area contributed by atoms with E-state index in [1.54, 1.807) is 23.9 Å². The molecule has 0 spiro atoms. The summed E-state index contributed by atoms with van der Waals surface area (Å²) in [5, 5.41) is 11.6. The van der Waals surface area contributed by atoms with E-state index in [2.05, 4.69) is 21.5 Å². The van der Waals surface area contributed by atoms with E-state index in [-0.39, 0.29) is 5.56 Å². The Morgan fingerprint density at radius 1 is 1.42 bits per heavy atom. The molecule has 134 valence electrons. The molecule has 0 bridgehead atoms. The smallest absolute Gasteiger partial charge is 0.278 e. The number of aromatic nitrogens is 5. The first-order chi connectivity index (χ1) is 12.5. The molecule has 3 aromatic rings. The summed E-state index contributed by atoms with van der Waals surface area (Å²) in [6, 6.07) is 3.82. The number of thioether (sulfide) groups is 1. The van der Waals surface area contributed by atoms with Gasteiger partial charge in [0.25, 0.3) is 5.56 Å². The van der Waals surface area contributed by atoms with E-state index in [9.17, 15) is 9.90 Å². The second kappa shape index (κ2) is 6.07. The quantitative estimate of drug-likeness (QED) is 0.430. The normalized spacial score (nSPS) is 19.0. The number of hydrogen-bond donors (Lipinski definition) is 1. The standard InChI is InChI=1S/C18H19N5O2S/c1-4-9-22-16(24)12-10-19-17(26-3)21-15(12)23(22)13-6-5-11-7-8-18(2,25)14(11)20-13/h4-6,10,25H,1,7-9H2,2-3H3/t18-/m0/s1. The molecule has 0 amide bonds. The molecule has 26 heavy (non-hydrogen) atoms. The molecule has 3 heterocycles. The highest BCUT2D eigenvalue weighted by molar-refractivity contribution is 7.98. The van der Waals surface area contributed by atoms with E-state index in [1.807, 2.05) is 18.4 Å². The van der Waals surface area contributed by atoms with Crippen LogP contribution in [0.2, 0.25) is 0 Å². The van der Waals surface area contributed by atoms with E-state index in [4.69, 9.17) is 0 Å². The molecule has 4 rings (SSSR count). The lowest BCUT2D eigenvalue weighted by atomic mass is 10.0. The summed E-state index contributed by atoms with van der Waals surface area (Å²) in [4.78, 5) is 26.2. The summed E-state index contributed by atoms with van der Waals surface area (Å²) in [6.07, 6.45) is 6.53. The molecule has 0 saturated carbocycles. The van der Waals surface area contributed by atoms with E-state index in [0.717, 1.165) is 12.0 Å². The van der Waals surface area contributed by atoms with Crippen molar-refractivity contribution in [3.05, 3.63) is 52.6 Å². The average molecular weight is 369 g/mol. The van der Waals surface area contributed by atoms with Crippen LogP contribution in [0, 0.1) is 0 Å². The summed E-state index contributed by atoms with van der Waals surface area (Å²) >= 11 is 1.41. The van der Waals surface area contributed by atoms with Crippen molar-refractivity contribution in [2.24, 2.45) is 0 Å². The fourth-order valence-electron chi connectivity index (χ4n) is 3.39. The first kappa shape index (κ1) is 17.0. The third-order valence-corrected chi connectivity index (χ3v) is 5.27. The van der Waals surface area contributed by atoms with Crippen molar-refractivity contribution < 1.29 is 5.11 Å². The van der Waals surface area contributed by atoms with Gasteiger partial charge in [-0.05, 0) is 37.7 Å². The highest BCUT2D eigenvalue weighted by atomic mass is 32.2. The summed E-state index contributed by atoms with van der Waals surface area (Å²) in [5.41, 5.74) is 1.04. The van der Waals surface area contributed by atoms with Crippen LogP contribution in [0.25, 0.3) is 16.9 Å². The summed E-state index contributed by atoms with van der Waals surface area (Å²) in [5.74, 6) is 0.547. The van der Waals surface area contributed by atoms with Crippen molar-refractivity contribution in [3.8, 4) is 5.82 Å². The van der Waals surface area contributed by atoms with Crippen LogP contribution in [0.5, 0.6) is 0 Å². The van der Waals surface area contributed by atoms with Crippen LogP contribution in [-0.2, 0) is 18.6 Å². The van der Waals surface area contributed by atoms with Crippen LogP contribution in [-0.4, -0.2) is 35.7 Å². The van der Waals surface area contributed by atoms with E-state index in [0.29, 0.717) is 40.7 Å². The van der Waals surface area contributed by atoms with Crippen LogP contribution < -0.4 is 5.56 Å². The zero-order valence-electron chi connectivity index (χ0n) is 14.6. The minimum absolute atomic E-state index is 0.193. The fourth-order valence-corrected chi connectivity index (χ4v) is 3.73. The van der Waals surface area contributed by atoms with Crippen molar-refractivity contribution >= 4 is 22.8 Å². The molecule has 0 aromatic carbocycles. The number of fused-ring (bicyclic) bond motifs is 2. The molecule has 8 heteroatoms. The second-order valence-electron chi connectivity index (χ2n) is 6.53. The molecule has 0 radical (unpaired) electrons. The molecule has 0 unspecified atom stereocenters. The maximum Gasteiger partial charge on any atom is 0.278 e. The predicted octanol–water partition coefficient (Wildman–Crippen LogP) is 2.04. The van der Waals surface area contributed by atoms with Gasteiger partial charge < -0.3 is 5.11 Å². The maximum atomic E-state index is 12.8. The lowest BCUT2D eigenvalue weighted by Crippen LogP contribution is -2.24. The Bertz CT molecular complexity index is 1080. The molecule has 0 saturated heterocycles. The second-order valence-corrected chi connectivity index (χ2v) is 7.31. The van der Waals surface area contributed by atoms with Crippen molar-refractivity contribution in [2.75, 3.05) is 6.26 Å². The zero-order chi connectivity index (χ0) is 18.5. The van der Waals surface area contributed by atoms with Crippen LogP contribution in [0.3, 0.4) is 0 Å². The molecule has 7 nitrogen and oxygen atoms in total. The average Bonchev–Trinajstić information content (AvgIpc) is 3.09. The summed E-state index contributed by atoms with van der Waals surface area (Å²) in [7, 11) is 0. The predicted molar refractivity (Wildman–Crippen MR) is 101 cm³/mol. The molecular weight excluding hydrogens is 350 g/mol. The lowest BCUT2D eigenvalue weighted by molar-refractivity contribution is 0.0553. The van der Waals surface area contributed by atoms with Gasteiger partial charge in [0.05, 0.1) is 12.2 Å². The van der Waals surface area contributed by atoms with Gasteiger partial charge in [-0.25, -0.2) is 24.3 Å². The number of nitrogens with zero attached hydrogens (tertiary/aromatic N) is 5. The Balaban J connectivity index is 2.03. The Kier molecular flexibility index (Phi) is 3.96. The first-order valence-corrected chi connectivity index (χ1v) is 9.55. The molecule has 3 aromatic heterocycles. The van der Waals surface area contributed by atoms with Gasteiger partial charge in [-0.15, -0.1) is 6.58 Å². The summed E-state index contributed by atoms with van der Waals surface area (Å²) < 4.78 is 3.23. The third-order valence-electron chi connectivity index (χ3n) is 4.71. The SMILES string of the molecule is C=CCn1c(=O)c2cnc(SC)nc2n1-c1ccc2c(n1)[C@@](C)(O)CC2. The highest BCUT2D eigenvalue weighted by Gasteiger charge is 2.34. The van der Waals surface area contributed by atoms with Gasteiger partial charge in [0.15, 0.2) is 16.6 Å². The van der Waals surface area contributed by atoms with Crippen molar-refractivity contribution in [2.45, 2.75) is 37.1 Å². The number of hydrogen-bond acceptors (Lipinski definition) is 6. The molecule has 0 fully saturated rings. The molecular formula is C18H19N5O2S. The minimum Gasteiger partial charge on any atom is -0.384 e. The molecule has 1 aliphatic carbocycles. The van der Waals surface area contributed by atoms with Crippen molar-refractivity contribution in [3.63, 3.8) is 0 Å². The number of pyridine rings is 1. The van der Waals surface area contributed by atoms with E-state index >= 15 is 0 Å².